The van der Waals surface area contributed by atoms with Crippen molar-refractivity contribution < 1.29 is 14.3 Å². The second kappa shape index (κ2) is 10.6. The summed E-state index contributed by atoms with van der Waals surface area (Å²) in [6.07, 6.45) is -0.116. The van der Waals surface area contributed by atoms with Gasteiger partial charge in [-0.2, -0.15) is 0 Å². The second-order valence-corrected chi connectivity index (χ2v) is 7.70. The molecule has 0 aliphatic heterocycles. The average Bonchev–Trinajstić information content (AvgIpc) is 2.87. The van der Waals surface area contributed by atoms with Gasteiger partial charge in [0, 0.05) is 16.7 Å². The first-order chi connectivity index (χ1) is 16.6. The van der Waals surface area contributed by atoms with Crippen molar-refractivity contribution >= 4 is 33.9 Å². The van der Waals surface area contributed by atoms with E-state index in [1.54, 1.807) is 14.0 Å². The van der Waals surface area contributed by atoms with Gasteiger partial charge in [0.25, 0.3) is 0 Å². The van der Waals surface area contributed by atoms with Crippen LogP contribution >= 0.6 is 0 Å². The lowest BCUT2D eigenvalue weighted by Gasteiger charge is -2.14. The van der Waals surface area contributed by atoms with Crippen molar-refractivity contribution in [2.75, 3.05) is 13.7 Å². The fourth-order valence-corrected chi connectivity index (χ4v) is 3.91. The third kappa shape index (κ3) is 5.04. The molecule has 0 unspecified atom stereocenters. The number of hydrogen-bond acceptors (Lipinski definition) is 5. The van der Waals surface area contributed by atoms with E-state index in [0.29, 0.717) is 11.3 Å². The van der Waals surface area contributed by atoms with Crippen LogP contribution in [0.4, 0.5) is 5.69 Å². The molecule has 4 rings (SSSR count). The molecule has 0 aliphatic carbocycles. The molecular weight excluding hydrogens is 424 g/mol. The molecule has 1 N–H and O–H groups in total. The van der Waals surface area contributed by atoms with Crippen LogP contribution in [0.5, 0.6) is 5.75 Å². The van der Waals surface area contributed by atoms with Crippen LogP contribution in [0.3, 0.4) is 0 Å². The number of carbonyl (C=O) groups excluding carboxylic acids is 1. The number of ether oxygens (including phenoxy) is 2. The molecule has 170 valence electrons. The van der Waals surface area contributed by atoms with Gasteiger partial charge < -0.3 is 14.9 Å². The molecule has 0 fully saturated rings. The van der Waals surface area contributed by atoms with E-state index in [9.17, 15) is 4.79 Å². The Morgan fingerprint density at radius 1 is 0.882 bits per heavy atom. The molecular formula is C29H26N2O3. The molecule has 0 bridgehead atoms. The molecule has 4 aromatic rings. The third-order valence-corrected chi connectivity index (χ3v) is 5.45. The van der Waals surface area contributed by atoms with Gasteiger partial charge in [0.05, 0.1) is 37.2 Å². The second-order valence-electron chi connectivity index (χ2n) is 7.70. The molecule has 0 radical (unpaired) electrons. The van der Waals surface area contributed by atoms with Crippen molar-refractivity contribution in [2.24, 2.45) is 4.99 Å². The van der Waals surface area contributed by atoms with Crippen LogP contribution in [0.25, 0.3) is 10.8 Å². The summed E-state index contributed by atoms with van der Waals surface area (Å²) in [6.45, 7) is 2.03. The van der Waals surface area contributed by atoms with E-state index in [1.807, 2.05) is 91.0 Å². The number of nitrogens with one attached hydrogen (secondary N) is 1. The predicted octanol–water partition coefficient (Wildman–Crippen LogP) is 6.34. The van der Waals surface area contributed by atoms with Gasteiger partial charge in [-0.1, -0.05) is 72.8 Å². The quantitative estimate of drug-likeness (QED) is 0.252. The molecule has 4 aromatic carbocycles. The van der Waals surface area contributed by atoms with E-state index in [4.69, 9.17) is 19.9 Å². The van der Waals surface area contributed by atoms with E-state index in [1.165, 1.54) is 0 Å². The maximum atomic E-state index is 12.0. The fourth-order valence-electron chi connectivity index (χ4n) is 3.91. The molecule has 5 nitrogen and oxygen atoms in total. The Balaban J connectivity index is 1.79. The lowest BCUT2D eigenvalue weighted by atomic mass is 9.97. The van der Waals surface area contributed by atoms with Crippen LogP contribution in [0, 0.1) is 5.41 Å². The van der Waals surface area contributed by atoms with Crippen LogP contribution in [0.2, 0.25) is 0 Å². The van der Waals surface area contributed by atoms with Gasteiger partial charge in [-0.25, -0.2) is 4.99 Å². The molecule has 0 heterocycles. The van der Waals surface area contributed by atoms with Crippen LogP contribution in [-0.2, 0) is 9.53 Å². The summed E-state index contributed by atoms with van der Waals surface area (Å²) >= 11 is 0. The number of aliphatic imine (C=N–C) groups is 1. The van der Waals surface area contributed by atoms with Gasteiger partial charge in [-0.15, -0.1) is 0 Å². The van der Waals surface area contributed by atoms with Crippen molar-refractivity contribution in [3.05, 3.63) is 108 Å². The number of carbonyl (C=O) groups is 1. The van der Waals surface area contributed by atoms with Crippen molar-refractivity contribution in [1.82, 2.24) is 0 Å². The van der Waals surface area contributed by atoms with Crippen molar-refractivity contribution in [2.45, 2.75) is 13.3 Å². The van der Waals surface area contributed by atoms with Crippen LogP contribution in [0.1, 0.15) is 30.0 Å². The number of esters is 1. The summed E-state index contributed by atoms with van der Waals surface area (Å²) in [5.41, 5.74) is 4.48. The van der Waals surface area contributed by atoms with E-state index >= 15 is 0 Å². The van der Waals surface area contributed by atoms with E-state index < -0.39 is 5.97 Å². The number of rotatable bonds is 8. The Hall–Kier alpha value is -4.25. The minimum absolute atomic E-state index is 0.116. The first-order valence-electron chi connectivity index (χ1n) is 11.1. The predicted molar refractivity (Wildman–Crippen MR) is 137 cm³/mol. The molecule has 0 aliphatic rings. The van der Waals surface area contributed by atoms with E-state index in [-0.39, 0.29) is 18.7 Å². The summed E-state index contributed by atoms with van der Waals surface area (Å²) in [4.78, 5) is 17.0. The molecule has 0 saturated carbocycles. The summed E-state index contributed by atoms with van der Waals surface area (Å²) < 4.78 is 10.5. The molecule has 0 saturated heterocycles. The zero-order valence-corrected chi connectivity index (χ0v) is 19.2. The maximum absolute atomic E-state index is 12.0. The van der Waals surface area contributed by atoms with Gasteiger partial charge in [0.15, 0.2) is 0 Å². The summed E-state index contributed by atoms with van der Waals surface area (Å²) in [5.74, 6) is 0.121. The number of nitrogens with zero attached hydrogens (tertiary/aromatic N) is 1. The highest BCUT2D eigenvalue weighted by Gasteiger charge is 2.17. The van der Waals surface area contributed by atoms with E-state index in [0.717, 1.165) is 33.3 Å². The number of methoxy groups -OCH3 is 1. The van der Waals surface area contributed by atoms with Crippen molar-refractivity contribution in [1.29, 1.82) is 5.41 Å². The Labute approximate surface area is 199 Å². The van der Waals surface area contributed by atoms with Gasteiger partial charge >= 0.3 is 5.97 Å². The average molecular weight is 451 g/mol. The smallest absolute Gasteiger partial charge is 0.311 e. The highest BCUT2D eigenvalue weighted by molar-refractivity contribution is 6.17. The molecule has 0 amide bonds. The van der Waals surface area contributed by atoms with Crippen molar-refractivity contribution in [3.8, 4) is 5.75 Å². The highest BCUT2D eigenvalue weighted by atomic mass is 16.5. The Morgan fingerprint density at radius 3 is 2.12 bits per heavy atom. The van der Waals surface area contributed by atoms with Gasteiger partial charge in [0.1, 0.15) is 5.75 Å². The van der Waals surface area contributed by atoms with Crippen LogP contribution in [0.15, 0.2) is 96.0 Å². The number of fused-ring (bicyclic) bond motifs is 1. The Kier molecular flexibility index (Phi) is 7.13. The van der Waals surface area contributed by atoms with Crippen LogP contribution in [-0.4, -0.2) is 31.1 Å². The lowest BCUT2D eigenvalue weighted by Crippen LogP contribution is -2.12. The minimum atomic E-state index is -0.428. The normalized spacial score (nSPS) is 10.5. The monoisotopic (exact) mass is 450 g/mol. The first kappa shape index (κ1) is 22.9. The highest BCUT2D eigenvalue weighted by Crippen LogP contribution is 2.32. The number of hydrogen-bond donors (Lipinski definition) is 1. The topological polar surface area (TPSA) is 71.7 Å². The summed E-state index contributed by atoms with van der Waals surface area (Å²) in [7, 11) is 1.56. The molecule has 34 heavy (non-hydrogen) atoms. The summed E-state index contributed by atoms with van der Waals surface area (Å²) in [5, 5.41) is 10.3. The Morgan fingerprint density at radius 2 is 1.53 bits per heavy atom. The third-order valence-electron chi connectivity index (χ3n) is 5.45. The lowest BCUT2D eigenvalue weighted by molar-refractivity contribution is -0.141. The first-order valence-corrected chi connectivity index (χ1v) is 11.1. The molecule has 0 atom stereocenters. The standard InChI is InChI=1S/C29H26N2O3/c1-3-34-27(32)19-25(30)28-24-16-15-23(18-22(24)14-17-26(28)33-2)31-29(20-10-6-4-7-11-20)21-12-8-5-9-13-21/h4-18,30H,3,19H2,1-2H3. The van der Waals surface area contributed by atoms with Gasteiger partial charge in [-0.05, 0) is 35.9 Å². The SMILES string of the molecule is CCOC(=O)CC(=N)c1c(OC)ccc2cc(N=C(c3ccccc3)c3ccccc3)ccc12. The number of benzene rings is 4. The van der Waals surface area contributed by atoms with Crippen LogP contribution < -0.4 is 4.74 Å². The van der Waals surface area contributed by atoms with Gasteiger partial charge in [-0.3, -0.25) is 4.79 Å². The minimum Gasteiger partial charge on any atom is -0.496 e. The summed E-state index contributed by atoms with van der Waals surface area (Å²) in [6, 6.07) is 29.8. The zero-order chi connectivity index (χ0) is 23.9. The Bertz CT molecular complexity index is 1300. The zero-order valence-electron chi connectivity index (χ0n) is 19.2. The molecule has 5 heteroatoms. The van der Waals surface area contributed by atoms with Crippen molar-refractivity contribution in [3.63, 3.8) is 0 Å². The molecule has 0 spiro atoms. The largest absolute Gasteiger partial charge is 0.496 e. The molecule has 0 aromatic heterocycles. The van der Waals surface area contributed by atoms with E-state index in [2.05, 4.69) is 0 Å². The fraction of sp³-hybridized carbons (Fsp3) is 0.138. The van der Waals surface area contributed by atoms with Gasteiger partial charge in [0.2, 0.25) is 0 Å². The maximum Gasteiger partial charge on any atom is 0.311 e.